The Kier molecular flexibility index (Phi) is 5.83. The van der Waals surface area contributed by atoms with Gasteiger partial charge >= 0.3 is 0 Å². The van der Waals surface area contributed by atoms with Gasteiger partial charge in [0.2, 0.25) is 0 Å². The number of aryl methyl sites for hydroxylation is 1. The highest BCUT2D eigenvalue weighted by atomic mass is 16.3. The number of carbonyl (C=O) groups excluding carboxylic acids is 1. The SMILES string of the molecule is CCc1cc(C(=O)Nc2cccc(CN3CCC(CO)CC3)c2)n[nH]1. The lowest BCUT2D eigenvalue weighted by atomic mass is 9.97. The number of aromatic amines is 1. The fourth-order valence-electron chi connectivity index (χ4n) is 3.19. The molecule has 3 N–H and O–H groups in total. The van der Waals surface area contributed by atoms with Crippen molar-refractivity contribution < 1.29 is 9.90 Å². The Labute approximate surface area is 148 Å². The van der Waals surface area contributed by atoms with Crippen molar-refractivity contribution in [2.75, 3.05) is 25.0 Å². The standard InChI is InChI=1S/C19H26N4O2/c1-2-16-11-18(22-21-16)19(25)20-17-5-3-4-15(10-17)12-23-8-6-14(13-24)7-9-23/h3-5,10-11,14,24H,2,6-9,12-13H2,1H3,(H,20,25)(H,21,22). The van der Waals surface area contributed by atoms with Crippen molar-refractivity contribution >= 4 is 11.6 Å². The molecule has 0 saturated carbocycles. The van der Waals surface area contributed by atoms with Crippen molar-refractivity contribution in [2.45, 2.75) is 32.7 Å². The van der Waals surface area contributed by atoms with Gasteiger partial charge in [0.1, 0.15) is 0 Å². The highest BCUT2D eigenvalue weighted by Crippen LogP contribution is 2.20. The minimum absolute atomic E-state index is 0.197. The van der Waals surface area contributed by atoms with E-state index in [-0.39, 0.29) is 5.91 Å². The summed E-state index contributed by atoms with van der Waals surface area (Å²) in [6, 6.07) is 9.74. The Balaban J connectivity index is 1.58. The van der Waals surface area contributed by atoms with E-state index in [1.54, 1.807) is 6.07 Å². The maximum absolute atomic E-state index is 12.3. The van der Waals surface area contributed by atoms with Gasteiger partial charge in [-0.2, -0.15) is 5.10 Å². The van der Waals surface area contributed by atoms with Gasteiger partial charge in [0.05, 0.1) is 0 Å². The van der Waals surface area contributed by atoms with E-state index in [0.717, 1.165) is 50.3 Å². The summed E-state index contributed by atoms with van der Waals surface area (Å²) in [7, 11) is 0. The Morgan fingerprint density at radius 3 is 2.84 bits per heavy atom. The average molecular weight is 342 g/mol. The number of aliphatic hydroxyl groups excluding tert-OH is 1. The molecule has 1 aromatic heterocycles. The van der Waals surface area contributed by atoms with Crippen LogP contribution in [0, 0.1) is 5.92 Å². The Morgan fingerprint density at radius 1 is 1.36 bits per heavy atom. The first-order valence-electron chi connectivity index (χ1n) is 8.95. The van der Waals surface area contributed by atoms with E-state index in [1.165, 1.54) is 5.56 Å². The van der Waals surface area contributed by atoms with Gasteiger partial charge in [0.15, 0.2) is 5.69 Å². The van der Waals surface area contributed by atoms with Gasteiger partial charge in [-0.05, 0) is 62.0 Å². The van der Waals surface area contributed by atoms with Crippen molar-refractivity contribution in [3.8, 4) is 0 Å². The molecule has 1 aromatic carbocycles. The number of aromatic nitrogens is 2. The first kappa shape index (κ1) is 17.6. The van der Waals surface area contributed by atoms with Crippen molar-refractivity contribution in [1.29, 1.82) is 0 Å². The number of aliphatic hydroxyl groups is 1. The molecule has 0 radical (unpaired) electrons. The molecule has 0 bridgehead atoms. The highest BCUT2D eigenvalue weighted by molar-refractivity contribution is 6.02. The quantitative estimate of drug-likeness (QED) is 0.753. The van der Waals surface area contributed by atoms with Gasteiger partial charge in [0, 0.05) is 24.5 Å². The molecule has 6 nitrogen and oxygen atoms in total. The maximum Gasteiger partial charge on any atom is 0.276 e. The number of likely N-dealkylation sites (tertiary alicyclic amines) is 1. The van der Waals surface area contributed by atoms with Crippen LogP contribution in [-0.2, 0) is 13.0 Å². The van der Waals surface area contributed by atoms with Crippen molar-refractivity contribution in [2.24, 2.45) is 5.92 Å². The zero-order chi connectivity index (χ0) is 17.6. The smallest absolute Gasteiger partial charge is 0.276 e. The molecule has 1 aliphatic rings. The lowest BCUT2D eigenvalue weighted by Crippen LogP contribution is -2.34. The monoisotopic (exact) mass is 342 g/mol. The fraction of sp³-hybridized carbons (Fsp3) is 0.474. The Morgan fingerprint density at radius 2 is 2.16 bits per heavy atom. The summed E-state index contributed by atoms with van der Waals surface area (Å²) in [5.74, 6) is 0.251. The average Bonchev–Trinajstić information content (AvgIpc) is 3.12. The molecular weight excluding hydrogens is 316 g/mol. The van der Waals surface area contributed by atoms with Crippen LogP contribution in [0.25, 0.3) is 0 Å². The third kappa shape index (κ3) is 4.67. The zero-order valence-electron chi connectivity index (χ0n) is 14.7. The molecule has 0 atom stereocenters. The number of nitrogens with zero attached hydrogens (tertiary/aromatic N) is 2. The van der Waals surface area contributed by atoms with Crippen LogP contribution in [0.3, 0.4) is 0 Å². The molecule has 1 aliphatic heterocycles. The van der Waals surface area contributed by atoms with Crippen LogP contribution < -0.4 is 5.32 Å². The molecule has 3 rings (SSSR count). The number of hydrogen-bond acceptors (Lipinski definition) is 4. The minimum Gasteiger partial charge on any atom is -0.396 e. The van der Waals surface area contributed by atoms with Crippen LogP contribution in [0.2, 0.25) is 0 Å². The van der Waals surface area contributed by atoms with E-state index in [9.17, 15) is 9.90 Å². The fourth-order valence-corrected chi connectivity index (χ4v) is 3.19. The molecule has 0 aliphatic carbocycles. The number of benzene rings is 1. The molecule has 6 heteroatoms. The topological polar surface area (TPSA) is 81.2 Å². The number of rotatable bonds is 6. The van der Waals surface area contributed by atoms with Gasteiger partial charge in [-0.25, -0.2) is 0 Å². The first-order chi connectivity index (χ1) is 12.2. The molecule has 2 aromatic rings. The number of nitrogens with one attached hydrogen (secondary N) is 2. The molecule has 1 saturated heterocycles. The summed E-state index contributed by atoms with van der Waals surface area (Å²) in [5, 5.41) is 19.1. The molecule has 134 valence electrons. The van der Waals surface area contributed by atoms with Gasteiger partial charge in [0.25, 0.3) is 5.91 Å². The Bertz CT molecular complexity index is 705. The Hall–Kier alpha value is -2.18. The second-order valence-electron chi connectivity index (χ2n) is 6.69. The molecule has 1 fully saturated rings. The number of hydrogen-bond donors (Lipinski definition) is 3. The summed E-state index contributed by atoms with van der Waals surface area (Å²) in [4.78, 5) is 14.7. The first-order valence-corrected chi connectivity index (χ1v) is 8.95. The second-order valence-corrected chi connectivity index (χ2v) is 6.69. The molecule has 0 unspecified atom stereocenters. The maximum atomic E-state index is 12.3. The summed E-state index contributed by atoms with van der Waals surface area (Å²) in [6.45, 7) is 5.19. The number of piperidine rings is 1. The predicted octanol–water partition coefficient (Wildman–Crippen LogP) is 2.43. The van der Waals surface area contributed by atoms with E-state index in [1.807, 2.05) is 25.1 Å². The zero-order valence-corrected chi connectivity index (χ0v) is 14.7. The predicted molar refractivity (Wildman–Crippen MR) is 97.4 cm³/mol. The molecule has 0 spiro atoms. The third-order valence-electron chi connectivity index (χ3n) is 4.80. The van der Waals surface area contributed by atoms with Gasteiger partial charge in [-0.3, -0.25) is 14.8 Å². The van der Waals surface area contributed by atoms with E-state index in [2.05, 4.69) is 26.5 Å². The van der Waals surface area contributed by atoms with E-state index < -0.39 is 0 Å². The highest BCUT2D eigenvalue weighted by Gasteiger charge is 2.18. The van der Waals surface area contributed by atoms with Crippen LogP contribution >= 0.6 is 0 Å². The largest absolute Gasteiger partial charge is 0.396 e. The second kappa shape index (κ2) is 8.27. The lowest BCUT2D eigenvalue weighted by Gasteiger charge is -2.31. The van der Waals surface area contributed by atoms with E-state index >= 15 is 0 Å². The van der Waals surface area contributed by atoms with Crippen LogP contribution in [0.1, 0.15) is 41.5 Å². The van der Waals surface area contributed by atoms with Crippen LogP contribution in [0.4, 0.5) is 5.69 Å². The van der Waals surface area contributed by atoms with Crippen molar-refractivity contribution in [1.82, 2.24) is 15.1 Å². The normalized spacial score (nSPS) is 16.1. The summed E-state index contributed by atoms with van der Waals surface area (Å²) >= 11 is 0. The molecule has 25 heavy (non-hydrogen) atoms. The van der Waals surface area contributed by atoms with Crippen LogP contribution in [0.15, 0.2) is 30.3 Å². The van der Waals surface area contributed by atoms with E-state index in [4.69, 9.17) is 0 Å². The number of H-pyrrole nitrogens is 1. The molecule has 2 heterocycles. The number of carbonyl (C=O) groups is 1. The van der Waals surface area contributed by atoms with Crippen LogP contribution in [-0.4, -0.2) is 45.8 Å². The van der Waals surface area contributed by atoms with Crippen molar-refractivity contribution in [3.05, 3.63) is 47.3 Å². The summed E-state index contributed by atoms with van der Waals surface area (Å²) in [6.07, 6.45) is 2.92. The van der Waals surface area contributed by atoms with Gasteiger partial charge < -0.3 is 10.4 Å². The van der Waals surface area contributed by atoms with E-state index in [0.29, 0.717) is 18.2 Å². The third-order valence-corrected chi connectivity index (χ3v) is 4.80. The summed E-state index contributed by atoms with van der Waals surface area (Å²) in [5.41, 5.74) is 3.32. The summed E-state index contributed by atoms with van der Waals surface area (Å²) < 4.78 is 0. The van der Waals surface area contributed by atoms with Crippen LogP contribution in [0.5, 0.6) is 0 Å². The number of anilines is 1. The number of amides is 1. The van der Waals surface area contributed by atoms with Gasteiger partial charge in [-0.1, -0.05) is 19.1 Å². The van der Waals surface area contributed by atoms with Crippen molar-refractivity contribution in [3.63, 3.8) is 0 Å². The van der Waals surface area contributed by atoms with Gasteiger partial charge in [-0.15, -0.1) is 0 Å². The lowest BCUT2D eigenvalue weighted by molar-refractivity contribution is 0.102. The molecular formula is C19H26N4O2. The molecule has 1 amide bonds. The minimum atomic E-state index is -0.197.